The van der Waals surface area contributed by atoms with Crippen molar-refractivity contribution < 1.29 is 14.3 Å². The van der Waals surface area contributed by atoms with Gasteiger partial charge in [0.2, 0.25) is 11.8 Å². The zero-order chi connectivity index (χ0) is 19.4. The Labute approximate surface area is 164 Å². The molecule has 0 aliphatic carbocycles. The quantitative estimate of drug-likeness (QED) is 0.828. The van der Waals surface area contributed by atoms with E-state index in [0.717, 1.165) is 23.2 Å². The topological polar surface area (TPSA) is 58.6 Å². The summed E-state index contributed by atoms with van der Waals surface area (Å²) in [5.41, 5.74) is 2.86. The standard InChI is InChI=1S/C21H23ClN2O3/c1-14-3-8-19(27-2)18(11-14)24-13-16(12-20(24)25)21(26)23-10-9-15-4-6-17(22)7-5-15/h3-8,11,16H,9-10,12-13H2,1-2H3,(H,23,26). The van der Waals surface area contributed by atoms with Crippen LogP contribution in [0.4, 0.5) is 5.69 Å². The molecule has 0 saturated carbocycles. The summed E-state index contributed by atoms with van der Waals surface area (Å²) in [6.45, 7) is 2.86. The SMILES string of the molecule is COc1ccc(C)cc1N1CC(C(=O)NCCc2ccc(Cl)cc2)CC1=O. The number of nitrogens with one attached hydrogen (secondary N) is 1. The smallest absolute Gasteiger partial charge is 0.227 e. The van der Waals surface area contributed by atoms with Gasteiger partial charge in [-0.1, -0.05) is 29.8 Å². The molecule has 1 fully saturated rings. The molecule has 6 heteroatoms. The highest BCUT2D eigenvalue weighted by atomic mass is 35.5. The molecule has 2 amide bonds. The maximum Gasteiger partial charge on any atom is 0.227 e. The van der Waals surface area contributed by atoms with Crippen molar-refractivity contribution >= 4 is 29.1 Å². The first kappa shape index (κ1) is 19.2. The van der Waals surface area contributed by atoms with Crippen molar-refractivity contribution in [2.75, 3.05) is 25.1 Å². The molecule has 2 aromatic rings. The van der Waals surface area contributed by atoms with Gasteiger partial charge in [-0.25, -0.2) is 0 Å². The fraction of sp³-hybridized carbons (Fsp3) is 0.333. The highest BCUT2D eigenvalue weighted by molar-refractivity contribution is 6.30. The van der Waals surface area contributed by atoms with Crippen molar-refractivity contribution in [1.82, 2.24) is 5.32 Å². The Morgan fingerprint density at radius 2 is 2.00 bits per heavy atom. The van der Waals surface area contributed by atoms with Crippen LogP contribution in [-0.2, 0) is 16.0 Å². The first-order valence-corrected chi connectivity index (χ1v) is 9.33. The lowest BCUT2D eigenvalue weighted by Gasteiger charge is -2.20. The second kappa shape index (κ2) is 8.44. The maximum absolute atomic E-state index is 12.5. The Hall–Kier alpha value is -2.53. The lowest BCUT2D eigenvalue weighted by atomic mass is 10.1. The number of benzene rings is 2. The second-order valence-corrected chi connectivity index (χ2v) is 7.18. The van der Waals surface area contributed by atoms with E-state index < -0.39 is 0 Å². The van der Waals surface area contributed by atoms with Crippen LogP contribution >= 0.6 is 11.6 Å². The highest BCUT2D eigenvalue weighted by Crippen LogP contribution is 2.33. The number of methoxy groups -OCH3 is 1. The third-order valence-corrected chi connectivity index (χ3v) is 5.00. The molecule has 1 unspecified atom stereocenters. The van der Waals surface area contributed by atoms with Crippen molar-refractivity contribution in [3.8, 4) is 5.75 Å². The molecule has 1 heterocycles. The van der Waals surface area contributed by atoms with E-state index in [1.807, 2.05) is 49.4 Å². The van der Waals surface area contributed by atoms with Crippen LogP contribution in [0.2, 0.25) is 5.02 Å². The predicted molar refractivity (Wildman–Crippen MR) is 106 cm³/mol. The summed E-state index contributed by atoms with van der Waals surface area (Å²) in [5.74, 6) is 0.133. The molecule has 1 aliphatic heterocycles. The molecule has 142 valence electrons. The van der Waals surface area contributed by atoms with Gasteiger partial charge in [-0.3, -0.25) is 9.59 Å². The molecule has 2 aromatic carbocycles. The van der Waals surface area contributed by atoms with Crippen LogP contribution in [0.15, 0.2) is 42.5 Å². The number of carbonyl (C=O) groups is 2. The Morgan fingerprint density at radius 1 is 1.26 bits per heavy atom. The van der Waals surface area contributed by atoms with Crippen molar-refractivity contribution in [2.24, 2.45) is 5.92 Å². The predicted octanol–water partition coefficient (Wildman–Crippen LogP) is 3.37. The number of amides is 2. The molecule has 27 heavy (non-hydrogen) atoms. The van der Waals surface area contributed by atoms with E-state index in [1.54, 1.807) is 12.0 Å². The van der Waals surface area contributed by atoms with Crippen LogP contribution in [0.1, 0.15) is 17.5 Å². The normalized spacial score (nSPS) is 16.5. The summed E-state index contributed by atoms with van der Waals surface area (Å²) in [4.78, 5) is 26.6. The van der Waals surface area contributed by atoms with Crippen LogP contribution < -0.4 is 15.0 Å². The average Bonchev–Trinajstić information content (AvgIpc) is 3.05. The third kappa shape index (κ3) is 4.61. The molecule has 0 spiro atoms. The number of ether oxygens (including phenoxy) is 1. The van der Waals surface area contributed by atoms with Gasteiger partial charge >= 0.3 is 0 Å². The van der Waals surface area contributed by atoms with Crippen molar-refractivity contribution in [2.45, 2.75) is 19.8 Å². The number of carbonyl (C=O) groups excluding carboxylic acids is 2. The van der Waals surface area contributed by atoms with Gasteiger partial charge in [0.05, 0.1) is 18.7 Å². The van der Waals surface area contributed by atoms with E-state index in [4.69, 9.17) is 16.3 Å². The molecule has 1 saturated heterocycles. The van der Waals surface area contributed by atoms with Crippen LogP contribution in [0.5, 0.6) is 5.75 Å². The largest absolute Gasteiger partial charge is 0.495 e. The first-order chi connectivity index (χ1) is 13.0. The molecule has 1 atom stereocenters. The Kier molecular flexibility index (Phi) is 6.01. The number of nitrogens with zero attached hydrogens (tertiary/aromatic N) is 1. The van der Waals surface area contributed by atoms with Gasteiger partial charge in [-0.15, -0.1) is 0 Å². The van der Waals surface area contributed by atoms with Crippen LogP contribution in [-0.4, -0.2) is 32.0 Å². The fourth-order valence-electron chi connectivity index (χ4n) is 3.25. The number of rotatable bonds is 6. The number of hydrogen-bond donors (Lipinski definition) is 1. The number of aryl methyl sites for hydroxylation is 1. The van der Waals surface area contributed by atoms with Gasteiger partial charge in [-0.05, 0) is 48.7 Å². The van der Waals surface area contributed by atoms with Gasteiger partial charge in [0.25, 0.3) is 0 Å². The lowest BCUT2D eigenvalue weighted by molar-refractivity contribution is -0.126. The summed E-state index contributed by atoms with van der Waals surface area (Å²) in [7, 11) is 1.58. The van der Waals surface area contributed by atoms with Gasteiger partial charge in [-0.2, -0.15) is 0 Å². The molecular weight excluding hydrogens is 364 g/mol. The van der Waals surface area contributed by atoms with Gasteiger partial charge in [0, 0.05) is 24.5 Å². The molecule has 3 rings (SSSR count). The van der Waals surface area contributed by atoms with Gasteiger partial charge < -0.3 is 15.0 Å². The molecule has 1 aliphatic rings. The minimum atomic E-state index is -0.354. The zero-order valence-corrected chi connectivity index (χ0v) is 16.3. The summed E-state index contributed by atoms with van der Waals surface area (Å²) in [6.07, 6.45) is 0.933. The Bertz CT molecular complexity index is 836. The number of halogens is 1. The maximum atomic E-state index is 12.5. The molecular formula is C21H23ClN2O3. The minimum absolute atomic E-state index is 0.0586. The van der Waals surface area contributed by atoms with E-state index in [1.165, 1.54) is 0 Å². The Morgan fingerprint density at radius 3 is 2.70 bits per heavy atom. The van der Waals surface area contributed by atoms with Crippen molar-refractivity contribution in [3.05, 3.63) is 58.6 Å². The minimum Gasteiger partial charge on any atom is -0.495 e. The molecule has 0 aromatic heterocycles. The van der Waals surface area contributed by atoms with E-state index in [2.05, 4.69) is 5.32 Å². The zero-order valence-electron chi connectivity index (χ0n) is 15.5. The summed E-state index contributed by atoms with van der Waals surface area (Å²) in [6, 6.07) is 13.3. The molecule has 1 N–H and O–H groups in total. The number of anilines is 1. The first-order valence-electron chi connectivity index (χ1n) is 8.95. The second-order valence-electron chi connectivity index (χ2n) is 6.75. The third-order valence-electron chi connectivity index (χ3n) is 4.75. The number of hydrogen-bond acceptors (Lipinski definition) is 3. The fourth-order valence-corrected chi connectivity index (χ4v) is 3.38. The molecule has 0 bridgehead atoms. The van der Waals surface area contributed by atoms with Crippen LogP contribution in [0.25, 0.3) is 0 Å². The Balaban J connectivity index is 1.59. The van der Waals surface area contributed by atoms with E-state index in [-0.39, 0.29) is 24.2 Å². The van der Waals surface area contributed by atoms with Crippen molar-refractivity contribution in [3.63, 3.8) is 0 Å². The average molecular weight is 387 g/mol. The van der Waals surface area contributed by atoms with E-state index in [0.29, 0.717) is 23.9 Å². The lowest BCUT2D eigenvalue weighted by Crippen LogP contribution is -2.34. The monoisotopic (exact) mass is 386 g/mol. The van der Waals surface area contributed by atoms with Crippen LogP contribution in [0.3, 0.4) is 0 Å². The van der Waals surface area contributed by atoms with Gasteiger partial charge in [0.1, 0.15) is 5.75 Å². The van der Waals surface area contributed by atoms with Crippen molar-refractivity contribution in [1.29, 1.82) is 0 Å². The summed E-state index contributed by atoms with van der Waals surface area (Å²) < 4.78 is 5.38. The van der Waals surface area contributed by atoms with Crippen LogP contribution in [0, 0.1) is 12.8 Å². The van der Waals surface area contributed by atoms with E-state index in [9.17, 15) is 9.59 Å². The molecule has 0 radical (unpaired) electrons. The summed E-state index contributed by atoms with van der Waals surface area (Å²) in [5, 5.41) is 3.63. The van der Waals surface area contributed by atoms with Gasteiger partial charge in [0.15, 0.2) is 0 Å². The highest BCUT2D eigenvalue weighted by Gasteiger charge is 2.36. The summed E-state index contributed by atoms with van der Waals surface area (Å²) >= 11 is 5.88. The van der Waals surface area contributed by atoms with E-state index >= 15 is 0 Å². The molecule has 5 nitrogen and oxygen atoms in total.